The number of H-pyrrole nitrogens is 1. The third-order valence-corrected chi connectivity index (χ3v) is 5.72. The van der Waals surface area contributed by atoms with Crippen LogP contribution in [-0.2, 0) is 13.0 Å². The van der Waals surface area contributed by atoms with Crippen LogP contribution in [0.3, 0.4) is 0 Å². The Morgan fingerprint density at radius 2 is 1.88 bits per heavy atom. The Hall–Kier alpha value is -3.40. The van der Waals surface area contributed by atoms with Crippen LogP contribution in [0.2, 0.25) is 0 Å². The summed E-state index contributed by atoms with van der Waals surface area (Å²) in [6.45, 7) is 0.526. The number of hydrogen-bond donors (Lipinski definition) is 2. The second-order valence-electron chi connectivity index (χ2n) is 7.02. The van der Waals surface area contributed by atoms with Crippen molar-refractivity contribution < 1.29 is 9.59 Å². The van der Waals surface area contributed by atoms with Gasteiger partial charge in [0.2, 0.25) is 0 Å². The van der Waals surface area contributed by atoms with E-state index >= 15 is 0 Å². The molecule has 0 saturated heterocycles. The third kappa shape index (κ3) is 1.54. The molecule has 2 aliphatic rings. The van der Waals surface area contributed by atoms with E-state index in [4.69, 9.17) is 0 Å². The van der Waals surface area contributed by atoms with Crippen molar-refractivity contribution in [2.24, 2.45) is 0 Å². The van der Waals surface area contributed by atoms with Gasteiger partial charge < -0.3 is 10.3 Å². The quantitative estimate of drug-likeness (QED) is 0.455. The standard InChI is InChI=1S/C22H14N2O2/c25-10-11-5-6-17-14(7-11)19-16-9-23-22(26)20(16)18-13-4-2-1-3-12(13)8-15(18)21(19)24-17/h1-7,10,24H,8-9H2,(H,23,26). The smallest absolute Gasteiger partial charge is 0.252 e. The molecule has 0 spiro atoms. The van der Waals surface area contributed by atoms with Crippen LogP contribution in [0.4, 0.5) is 0 Å². The molecular formula is C22H14N2O2. The van der Waals surface area contributed by atoms with E-state index in [9.17, 15) is 9.59 Å². The first-order valence-electron chi connectivity index (χ1n) is 8.71. The SMILES string of the molecule is O=Cc1ccc2[nH]c3c4c(c5c(c3c2c1)CNC5=O)-c1ccccc1C4. The summed E-state index contributed by atoms with van der Waals surface area (Å²) in [4.78, 5) is 27.5. The first kappa shape index (κ1) is 13.8. The molecule has 0 atom stereocenters. The second-order valence-corrected chi connectivity index (χ2v) is 7.02. The first-order chi connectivity index (χ1) is 12.8. The Kier molecular flexibility index (Phi) is 2.45. The summed E-state index contributed by atoms with van der Waals surface area (Å²) in [6.07, 6.45) is 1.68. The summed E-state index contributed by atoms with van der Waals surface area (Å²) in [5.74, 6) is -0.00394. The van der Waals surface area contributed by atoms with Crippen LogP contribution in [0.1, 0.15) is 37.4 Å². The van der Waals surface area contributed by atoms with Crippen LogP contribution >= 0.6 is 0 Å². The summed E-state index contributed by atoms with van der Waals surface area (Å²) >= 11 is 0. The third-order valence-electron chi connectivity index (χ3n) is 5.72. The van der Waals surface area contributed by atoms with Gasteiger partial charge in [-0.05, 0) is 40.5 Å². The summed E-state index contributed by atoms with van der Waals surface area (Å²) in [6, 6.07) is 14.0. The van der Waals surface area contributed by atoms with E-state index in [0.717, 1.165) is 56.8 Å². The van der Waals surface area contributed by atoms with Crippen LogP contribution in [0, 0.1) is 0 Å². The number of fused-ring (bicyclic) bond motifs is 10. The molecule has 2 heterocycles. The molecule has 0 unspecified atom stereocenters. The van der Waals surface area contributed by atoms with Crippen LogP contribution in [0.15, 0.2) is 42.5 Å². The monoisotopic (exact) mass is 338 g/mol. The van der Waals surface area contributed by atoms with Gasteiger partial charge in [-0.2, -0.15) is 0 Å². The highest BCUT2D eigenvalue weighted by Gasteiger charge is 2.34. The maximum Gasteiger partial charge on any atom is 0.252 e. The molecule has 26 heavy (non-hydrogen) atoms. The van der Waals surface area contributed by atoms with Gasteiger partial charge in [0.15, 0.2) is 0 Å². The fourth-order valence-electron chi connectivity index (χ4n) is 4.64. The largest absolute Gasteiger partial charge is 0.354 e. The van der Waals surface area contributed by atoms with Crippen molar-refractivity contribution >= 4 is 34.0 Å². The molecule has 0 bridgehead atoms. The van der Waals surface area contributed by atoms with E-state index in [1.807, 2.05) is 30.3 Å². The van der Waals surface area contributed by atoms with Crippen LogP contribution in [0.5, 0.6) is 0 Å². The lowest BCUT2D eigenvalue weighted by Gasteiger charge is -2.09. The molecule has 4 nitrogen and oxygen atoms in total. The number of nitrogens with one attached hydrogen (secondary N) is 2. The predicted molar refractivity (Wildman–Crippen MR) is 101 cm³/mol. The number of aldehydes is 1. The average Bonchev–Trinajstić information content (AvgIpc) is 3.33. The van der Waals surface area contributed by atoms with Gasteiger partial charge in [-0.1, -0.05) is 24.3 Å². The zero-order valence-electron chi connectivity index (χ0n) is 13.8. The Balaban J connectivity index is 1.85. The molecule has 1 aliphatic heterocycles. The number of rotatable bonds is 1. The number of carbonyl (C=O) groups excluding carboxylic acids is 2. The minimum atomic E-state index is -0.00394. The van der Waals surface area contributed by atoms with E-state index in [0.29, 0.717) is 12.1 Å². The molecular weight excluding hydrogens is 324 g/mol. The Bertz CT molecular complexity index is 1300. The zero-order valence-corrected chi connectivity index (χ0v) is 13.8. The van der Waals surface area contributed by atoms with Gasteiger partial charge in [-0.25, -0.2) is 0 Å². The van der Waals surface area contributed by atoms with Gasteiger partial charge in [0.25, 0.3) is 5.91 Å². The van der Waals surface area contributed by atoms with Gasteiger partial charge in [-0.3, -0.25) is 9.59 Å². The van der Waals surface area contributed by atoms with Crippen molar-refractivity contribution in [3.8, 4) is 11.1 Å². The van der Waals surface area contributed by atoms with Crippen LogP contribution in [-0.4, -0.2) is 17.2 Å². The topological polar surface area (TPSA) is 62.0 Å². The lowest BCUT2D eigenvalue weighted by atomic mass is 9.92. The molecule has 0 fully saturated rings. The molecule has 4 aromatic rings. The average molecular weight is 338 g/mol. The molecule has 1 aliphatic carbocycles. The van der Waals surface area contributed by atoms with Gasteiger partial charge >= 0.3 is 0 Å². The zero-order chi connectivity index (χ0) is 17.4. The Labute approximate surface area is 148 Å². The Morgan fingerprint density at radius 1 is 1.00 bits per heavy atom. The van der Waals surface area contributed by atoms with Crippen molar-refractivity contribution in [3.05, 3.63) is 70.3 Å². The van der Waals surface area contributed by atoms with E-state index in [2.05, 4.69) is 22.4 Å². The highest BCUT2D eigenvalue weighted by atomic mass is 16.1. The van der Waals surface area contributed by atoms with Crippen molar-refractivity contribution in [3.63, 3.8) is 0 Å². The van der Waals surface area contributed by atoms with Gasteiger partial charge in [0, 0.05) is 40.4 Å². The lowest BCUT2D eigenvalue weighted by molar-refractivity contribution is 0.0966. The van der Waals surface area contributed by atoms with Gasteiger partial charge in [-0.15, -0.1) is 0 Å². The molecule has 3 aromatic carbocycles. The van der Waals surface area contributed by atoms with Crippen molar-refractivity contribution in [1.29, 1.82) is 0 Å². The first-order valence-corrected chi connectivity index (χ1v) is 8.71. The highest BCUT2D eigenvalue weighted by Crippen LogP contribution is 2.47. The van der Waals surface area contributed by atoms with E-state index in [-0.39, 0.29) is 5.91 Å². The molecule has 0 saturated carbocycles. The summed E-state index contributed by atoms with van der Waals surface area (Å²) < 4.78 is 0. The van der Waals surface area contributed by atoms with Crippen molar-refractivity contribution in [2.75, 3.05) is 0 Å². The number of amides is 1. The van der Waals surface area contributed by atoms with Crippen molar-refractivity contribution in [1.82, 2.24) is 10.3 Å². The number of carbonyl (C=O) groups is 2. The number of aromatic amines is 1. The van der Waals surface area contributed by atoms with E-state index in [1.165, 1.54) is 11.1 Å². The minimum absolute atomic E-state index is 0.00394. The van der Waals surface area contributed by atoms with E-state index < -0.39 is 0 Å². The second kappa shape index (κ2) is 4.61. The molecule has 0 radical (unpaired) electrons. The summed E-state index contributed by atoms with van der Waals surface area (Å²) in [5, 5.41) is 5.08. The number of benzene rings is 3. The maximum atomic E-state index is 12.7. The van der Waals surface area contributed by atoms with Crippen LogP contribution in [0.25, 0.3) is 32.9 Å². The minimum Gasteiger partial charge on any atom is -0.354 e. The molecule has 2 N–H and O–H groups in total. The number of hydrogen-bond acceptors (Lipinski definition) is 2. The Morgan fingerprint density at radius 3 is 2.77 bits per heavy atom. The maximum absolute atomic E-state index is 12.7. The van der Waals surface area contributed by atoms with Gasteiger partial charge in [0.05, 0.1) is 11.1 Å². The molecule has 1 aromatic heterocycles. The summed E-state index contributed by atoms with van der Waals surface area (Å²) in [7, 11) is 0. The molecule has 1 amide bonds. The van der Waals surface area contributed by atoms with Crippen LogP contribution < -0.4 is 5.32 Å². The normalized spacial score (nSPS) is 14.4. The molecule has 6 rings (SSSR count). The lowest BCUT2D eigenvalue weighted by Crippen LogP contribution is -2.13. The highest BCUT2D eigenvalue weighted by molar-refractivity contribution is 6.20. The predicted octanol–water partition coefficient (Wildman–Crippen LogP) is 3.95. The fraction of sp³-hybridized carbons (Fsp3) is 0.0909. The summed E-state index contributed by atoms with van der Waals surface area (Å²) in [5.41, 5.74) is 9.23. The molecule has 124 valence electrons. The molecule has 4 heteroatoms. The fourth-order valence-corrected chi connectivity index (χ4v) is 4.64. The van der Waals surface area contributed by atoms with Crippen molar-refractivity contribution in [2.45, 2.75) is 13.0 Å². The number of aromatic nitrogens is 1. The van der Waals surface area contributed by atoms with E-state index in [1.54, 1.807) is 0 Å². The van der Waals surface area contributed by atoms with Gasteiger partial charge in [0.1, 0.15) is 6.29 Å².